The Balaban J connectivity index is 2.40. The van der Waals surface area contributed by atoms with Crippen LogP contribution >= 0.6 is 0 Å². The first-order valence-corrected chi connectivity index (χ1v) is 9.31. The van der Waals surface area contributed by atoms with Crippen molar-refractivity contribution in [2.75, 3.05) is 52.5 Å². The maximum Gasteiger partial charge on any atom is 0.403 e. The molecule has 0 spiro atoms. The number of ether oxygens (including phenoxy) is 1. The number of aliphatic imine (C=N–C) groups is 1. The molecule has 0 aliphatic carbocycles. The Morgan fingerprint density at radius 1 is 1.12 bits per heavy atom. The first kappa shape index (κ1) is 22.0. The van der Waals surface area contributed by atoms with Crippen LogP contribution in [0.5, 0.6) is 0 Å². The van der Waals surface area contributed by atoms with Gasteiger partial charge in [-0.2, -0.15) is 13.2 Å². The zero-order chi connectivity index (χ0) is 18.7. The van der Waals surface area contributed by atoms with E-state index in [4.69, 9.17) is 4.74 Å². The lowest BCUT2D eigenvalue weighted by Gasteiger charge is -2.39. The van der Waals surface area contributed by atoms with Crippen molar-refractivity contribution < 1.29 is 17.9 Å². The fourth-order valence-electron chi connectivity index (χ4n) is 2.65. The van der Waals surface area contributed by atoms with Crippen LogP contribution < -0.4 is 5.32 Å². The lowest BCUT2D eigenvalue weighted by Crippen LogP contribution is -2.56. The normalized spacial score (nSPS) is 18.5. The van der Waals surface area contributed by atoms with Gasteiger partial charge in [0.1, 0.15) is 6.04 Å². The number of nitrogens with zero attached hydrogens (tertiary/aromatic N) is 3. The highest BCUT2D eigenvalue weighted by Crippen LogP contribution is 2.25. The zero-order valence-corrected chi connectivity index (χ0v) is 15.7. The molecule has 1 heterocycles. The van der Waals surface area contributed by atoms with Crippen LogP contribution in [0.3, 0.4) is 0 Å². The van der Waals surface area contributed by atoms with Gasteiger partial charge in [-0.15, -0.1) is 0 Å². The highest BCUT2D eigenvalue weighted by molar-refractivity contribution is 5.80. The van der Waals surface area contributed by atoms with Gasteiger partial charge in [0.25, 0.3) is 0 Å². The molecule has 8 heteroatoms. The van der Waals surface area contributed by atoms with Crippen molar-refractivity contribution in [2.45, 2.75) is 52.3 Å². The van der Waals surface area contributed by atoms with E-state index in [1.165, 1.54) is 11.8 Å². The zero-order valence-electron chi connectivity index (χ0n) is 15.7. The van der Waals surface area contributed by atoms with E-state index in [9.17, 15) is 13.2 Å². The molecule has 5 nitrogen and oxygen atoms in total. The van der Waals surface area contributed by atoms with E-state index in [1.807, 2.05) is 11.8 Å². The second kappa shape index (κ2) is 11.6. The van der Waals surface area contributed by atoms with E-state index in [1.54, 1.807) is 0 Å². The molecule has 25 heavy (non-hydrogen) atoms. The molecule has 0 saturated carbocycles. The van der Waals surface area contributed by atoms with Gasteiger partial charge >= 0.3 is 6.18 Å². The maximum absolute atomic E-state index is 12.8. The molecule has 1 aliphatic rings. The quantitative estimate of drug-likeness (QED) is 0.387. The molecule has 0 aromatic heterocycles. The molecule has 1 fully saturated rings. The average molecular weight is 366 g/mol. The molecule has 0 bridgehead atoms. The van der Waals surface area contributed by atoms with Crippen molar-refractivity contribution in [3.8, 4) is 0 Å². The summed E-state index contributed by atoms with van der Waals surface area (Å²) < 4.78 is 44.0. The van der Waals surface area contributed by atoms with Crippen molar-refractivity contribution in [3.05, 3.63) is 0 Å². The van der Waals surface area contributed by atoms with E-state index in [0.717, 1.165) is 38.4 Å². The summed E-state index contributed by atoms with van der Waals surface area (Å²) in [5.74, 6) is 0.787. The summed E-state index contributed by atoms with van der Waals surface area (Å²) in [5.41, 5.74) is 0. The van der Waals surface area contributed by atoms with Gasteiger partial charge < -0.3 is 15.0 Å². The molecule has 0 radical (unpaired) electrons. The van der Waals surface area contributed by atoms with Crippen molar-refractivity contribution >= 4 is 5.96 Å². The molecular weight excluding hydrogens is 333 g/mol. The lowest BCUT2D eigenvalue weighted by molar-refractivity contribution is -0.181. The predicted octanol–water partition coefficient (Wildman–Crippen LogP) is 2.73. The monoisotopic (exact) mass is 366 g/mol. The van der Waals surface area contributed by atoms with Crippen LogP contribution in [0.4, 0.5) is 13.2 Å². The van der Waals surface area contributed by atoms with E-state index in [0.29, 0.717) is 39.3 Å². The lowest BCUT2D eigenvalue weighted by atomic mass is 10.2. The second-order valence-electron chi connectivity index (χ2n) is 6.30. The minimum Gasteiger partial charge on any atom is -0.381 e. The van der Waals surface area contributed by atoms with Gasteiger partial charge in [0.15, 0.2) is 5.96 Å². The molecule has 0 amide bonds. The summed E-state index contributed by atoms with van der Waals surface area (Å²) in [5, 5.41) is 3.23. The third-order valence-corrected chi connectivity index (χ3v) is 4.32. The SMILES string of the molecule is CCCCOCCCN=C(NCC)N1CCN(C(C)C(F)(F)F)CC1. The van der Waals surface area contributed by atoms with Crippen molar-refractivity contribution in [3.63, 3.8) is 0 Å². The minimum absolute atomic E-state index is 0.394. The number of nitrogens with one attached hydrogen (secondary N) is 1. The second-order valence-corrected chi connectivity index (χ2v) is 6.30. The fraction of sp³-hybridized carbons (Fsp3) is 0.941. The molecule has 0 aromatic rings. The molecule has 1 N–H and O–H groups in total. The van der Waals surface area contributed by atoms with Crippen molar-refractivity contribution in [2.24, 2.45) is 4.99 Å². The van der Waals surface area contributed by atoms with Crippen molar-refractivity contribution in [1.82, 2.24) is 15.1 Å². The Morgan fingerprint density at radius 3 is 2.32 bits per heavy atom. The highest BCUT2D eigenvalue weighted by Gasteiger charge is 2.41. The van der Waals surface area contributed by atoms with Crippen LogP contribution in [0, 0.1) is 0 Å². The molecule has 1 rings (SSSR count). The van der Waals surface area contributed by atoms with Crippen LogP contribution in [0.25, 0.3) is 0 Å². The third-order valence-electron chi connectivity index (χ3n) is 4.32. The van der Waals surface area contributed by atoms with Gasteiger partial charge in [0.2, 0.25) is 0 Å². The first-order chi connectivity index (χ1) is 11.9. The Kier molecular flexibility index (Phi) is 10.2. The number of guanidine groups is 1. The maximum atomic E-state index is 12.8. The molecule has 0 aromatic carbocycles. The predicted molar refractivity (Wildman–Crippen MR) is 95.0 cm³/mol. The number of halogens is 3. The average Bonchev–Trinajstić information content (AvgIpc) is 2.59. The van der Waals surface area contributed by atoms with Gasteiger partial charge in [-0.25, -0.2) is 0 Å². The van der Waals surface area contributed by atoms with E-state index < -0.39 is 12.2 Å². The molecular formula is C17H33F3N4O. The van der Waals surface area contributed by atoms with E-state index in [2.05, 4.69) is 17.2 Å². The van der Waals surface area contributed by atoms with Crippen LogP contribution in [0.15, 0.2) is 4.99 Å². The Hall–Kier alpha value is -1.02. The van der Waals surface area contributed by atoms with Gasteiger partial charge in [-0.05, 0) is 26.7 Å². The summed E-state index contributed by atoms with van der Waals surface area (Å²) in [6.45, 7) is 10.1. The Bertz CT molecular complexity index is 383. The largest absolute Gasteiger partial charge is 0.403 e. The summed E-state index contributed by atoms with van der Waals surface area (Å²) in [6.07, 6.45) is -1.11. The Labute approximate surface area is 149 Å². The number of hydrogen-bond acceptors (Lipinski definition) is 3. The highest BCUT2D eigenvalue weighted by atomic mass is 19.4. The fourth-order valence-corrected chi connectivity index (χ4v) is 2.65. The van der Waals surface area contributed by atoms with Crippen molar-refractivity contribution in [1.29, 1.82) is 0 Å². The summed E-state index contributed by atoms with van der Waals surface area (Å²) in [6, 6.07) is -1.39. The van der Waals surface area contributed by atoms with Crippen LogP contribution in [-0.2, 0) is 4.74 Å². The molecule has 1 atom stereocenters. The van der Waals surface area contributed by atoms with Gasteiger partial charge in [0, 0.05) is 52.5 Å². The standard InChI is InChI=1S/C17H33F3N4O/c1-4-6-13-25-14-7-8-22-16(21-5-2)24-11-9-23(10-12-24)15(3)17(18,19)20/h15H,4-14H2,1-3H3,(H,21,22). The number of rotatable bonds is 9. The summed E-state index contributed by atoms with van der Waals surface area (Å²) in [4.78, 5) is 8.11. The van der Waals surface area contributed by atoms with E-state index >= 15 is 0 Å². The Morgan fingerprint density at radius 2 is 1.76 bits per heavy atom. The topological polar surface area (TPSA) is 40.1 Å². The van der Waals surface area contributed by atoms with Gasteiger partial charge in [0.05, 0.1) is 0 Å². The van der Waals surface area contributed by atoms with Gasteiger partial charge in [-0.3, -0.25) is 9.89 Å². The number of piperazine rings is 1. The molecule has 148 valence electrons. The van der Waals surface area contributed by atoms with Crippen LogP contribution in [0.1, 0.15) is 40.0 Å². The molecule has 1 unspecified atom stereocenters. The number of hydrogen-bond donors (Lipinski definition) is 1. The minimum atomic E-state index is -4.17. The summed E-state index contributed by atoms with van der Waals surface area (Å²) in [7, 11) is 0. The number of alkyl halides is 3. The smallest absolute Gasteiger partial charge is 0.381 e. The number of unbranched alkanes of at least 4 members (excludes halogenated alkanes) is 1. The van der Waals surface area contributed by atoms with Crippen LogP contribution in [-0.4, -0.2) is 80.5 Å². The molecule has 1 aliphatic heterocycles. The third kappa shape index (κ3) is 8.27. The van der Waals surface area contributed by atoms with Gasteiger partial charge in [-0.1, -0.05) is 13.3 Å². The van der Waals surface area contributed by atoms with E-state index in [-0.39, 0.29) is 0 Å². The van der Waals surface area contributed by atoms with Crippen LogP contribution in [0.2, 0.25) is 0 Å². The summed E-state index contributed by atoms with van der Waals surface area (Å²) >= 11 is 0. The first-order valence-electron chi connectivity index (χ1n) is 9.31. The molecule has 1 saturated heterocycles.